The van der Waals surface area contributed by atoms with E-state index in [4.69, 9.17) is 22.9 Å². The molecule has 0 heterocycles. The minimum atomic E-state index is 0.0817. The molecule has 6 heteroatoms. The van der Waals surface area contributed by atoms with E-state index >= 15 is 0 Å². The van der Waals surface area contributed by atoms with Gasteiger partial charge in [-0.2, -0.15) is 23.5 Å². The third-order valence-electron chi connectivity index (χ3n) is 3.24. The van der Waals surface area contributed by atoms with Gasteiger partial charge in [0.25, 0.3) is 0 Å². The first-order chi connectivity index (χ1) is 8.45. The fourth-order valence-electron chi connectivity index (χ4n) is 1.16. The zero-order chi connectivity index (χ0) is 14.1. The molecule has 0 aromatic carbocycles. The molecule has 0 saturated carbocycles. The highest BCUT2D eigenvalue weighted by Crippen LogP contribution is 2.23. The van der Waals surface area contributed by atoms with E-state index in [1.165, 1.54) is 0 Å². The van der Waals surface area contributed by atoms with Crippen LogP contribution in [0.3, 0.4) is 0 Å². The number of hydrogen-bond acceptors (Lipinski definition) is 6. The highest BCUT2D eigenvalue weighted by Gasteiger charge is 2.21. The molecule has 0 aliphatic rings. The van der Waals surface area contributed by atoms with E-state index in [0.717, 1.165) is 23.0 Å². The maximum Gasteiger partial charge on any atom is 0.00238 e. The van der Waals surface area contributed by atoms with Crippen molar-refractivity contribution in [2.45, 2.75) is 13.8 Å². The van der Waals surface area contributed by atoms with E-state index in [9.17, 15) is 0 Å². The van der Waals surface area contributed by atoms with Gasteiger partial charge in [0.15, 0.2) is 0 Å². The normalized spacial score (nSPS) is 13.0. The Kier molecular flexibility index (Phi) is 9.73. The summed E-state index contributed by atoms with van der Waals surface area (Å²) in [6.07, 6.45) is 0. The first-order valence-electron chi connectivity index (χ1n) is 6.41. The Bertz CT molecular complexity index is 184. The predicted molar refractivity (Wildman–Crippen MR) is 87.1 cm³/mol. The first-order valence-corrected chi connectivity index (χ1v) is 8.72. The van der Waals surface area contributed by atoms with Gasteiger partial charge in [0.2, 0.25) is 0 Å². The third-order valence-corrected chi connectivity index (χ3v) is 6.29. The van der Waals surface area contributed by atoms with Gasteiger partial charge in [0.05, 0.1) is 0 Å². The van der Waals surface area contributed by atoms with Crippen molar-refractivity contribution in [3.05, 3.63) is 0 Å². The van der Waals surface area contributed by atoms with Gasteiger partial charge in [-0.15, -0.1) is 0 Å². The van der Waals surface area contributed by atoms with Crippen LogP contribution in [0.2, 0.25) is 0 Å². The molecular weight excluding hydrogens is 264 g/mol. The summed E-state index contributed by atoms with van der Waals surface area (Å²) in [5, 5.41) is 0. The standard InChI is InChI=1S/C12H30N4S2/c1-11(5-13,6-14)9-17-3-4-18-10-12(2,7-15)8-16/h3-10,13-16H2,1-2H3. The topological polar surface area (TPSA) is 104 Å². The van der Waals surface area contributed by atoms with E-state index < -0.39 is 0 Å². The molecule has 0 aliphatic carbocycles. The SMILES string of the molecule is CC(CN)(CN)CSCCSCC(C)(CN)CN. The Morgan fingerprint density at radius 1 is 0.667 bits per heavy atom. The molecule has 18 heavy (non-hydrogen) atoms. The Hall–Kier alpha value is 0.540. The largest absolute Gasteiger partial charge is 0.330 e. The average Bonchev–Trinajstić information content (AvgIpc) is 2.42. The molecule has 0 atom stereocenters. The van der Waals surface area contributed by atoms with Crippen molar-refractivity contribution in [3.63, 3.8) is 0 Å². The molecule has 110 valence electrons. The second-order valence-electron chi connectivity index (χ2n) is 5.54. The van der Waals surface area contributed by atoms with Crippen molar-refractivity contribution in [2.24, 2.45) is 33.8 Å². The minimum Gasteiger partial charge on any atom is -0.330 e. The molecule has 0 bridgehead atoms. The number of thioether (sulfide) groups is 2. The van der Waals surface area contributed by atoms with Gasteiger partial charge in [0.1, 0.15) is 0 Å². The molecule has 0 amide bonds. The monoisotopic (exact) mass is 294 g/mol. The van der Waals surface area contributed by atoms with Crippen molar-refractivity contribution in [1.29, 1.82) is 0 Å². The van der Waals surface area contributed by atoms with Crippen LogP contribution in [-0.2, 0) is 0 Å². The van der Waals surface area contributed by atoms with Gasteiger partial charge in [-0.1, -0.05) is 13.8 Å². The molecule has 0 aromatic rings. The average molecular weight is 295 g/mol. The van der Waals surface area contributed by atoms with E-state index in [0.29, 0.717) is 26.2 Å². The summed E-state index contributed by atoms with van der Waals surface area (Å²) in [6.45, 7) is 6.91. The van der Waals surface area contributed by atoms with Crippen LogP contribution in [0.15, 0.2) is 0 Å². The first kappa shape index (κ1) is 18.5. The fraction of sp³-hybridized carbons (Fsp3) is 1.00. The second-order valence-corrected chi connectivity index (χ2v) is 7.75. The third kappa shape index (κ3) is 7.21. The van der Waals surface area contributed by atoms with Gasteiger partial charge in [-0.05, 0) is 26.2 Å². The van der Waals surface area contributed by atoms with Crippen LogP contribution in [0.5, 0.6) is 0 Å². The van der Waals surface area contributed by atoms with Gasteiger partial charge in [-0.3, -0.25) is 0 Å². The summed E-state index contributed by atoms with van der Waals surface area (Å²) in [5.74, 6) is 4.33. The zero-order valence-electron chi connectivity index (χ0n) is 11.8. The van der Waals surface area contributed by atoms with Crippen LogP contribution in [0.25, 0.3) is 0 Å². The van der Waals surface area contributed by atoms with Crippen LogP contribution < -0.4 is 22.9 Å². The predicted octanol–water partition coefficient (Wildman–Crippen LogP) is 0.300. The van der Waals surface area contributed by atoms with Gasteiger partial charge >= 0.3 is 0 Å². The second kappa shape index (κ2) is 9.44. The molecule has 0 rings (SSSR count). The quantitative estimate of drug-likeness (QED) is 0.409. The Morgan fingerprint density at radius 3 is 1.17 bits per heavy atom. The lowest BCUT2D eigenvalue weighted by atomic mass is 9.94. The molecule has 0 spiro atoms. The lowest BCUT2D eigenvalue weighted by Crippen LogP contribution is -2.37. The van der Waals surface area contributed by atoms with E-state index in [1.807, 2.05) is 23.5 Å². The molecule has 0 radical (unpaired) electrons. The van der Waals surface area contributed by atoms with E-state index in [1.54, 1.807) is 0 Å². The van der Waals surface area contributed by atoms with E-state index in [-0.39, 0.29) is 10.8 Å². The molecule has 8 N–H and O–H groups in total. The summed E-state index contributed by atoms with van der Waals surface area (Å²) in [5.41, 5.74) is 23.1. The minimum absolute atomic E-state index is 0.0817. The number of hydrogen-bond donors (Lipinski definition) is 4. The van der Waals surface area contributed by atoms with Gasteiger partial charge in [-0.25, -0.2) is 0 Å². The molecule has 0 aromatic heterocycles. The maximum atomic E-state index is 5.73. The summed E-state index contributed by atoms with van der Waals surface area (Å²) in [4.78, 5) is 0. The molecule has 4 nitrogen and oxygen atoms in total. The lowest BCUT2D eigenvalue weighted by Gasteiger charge is -2.26. The Morgan fingerprint density at radius 2 is 0.944 bits per heavy atom. The highest BCUT2D eigenvalue weighted by atomic mass is 32.2. The van der Waals surface area contributed by atoms with Crippen molar-refractivity contribution in [1.82, 2.24) is 0 Å². The zero-order valence-corrected chi connectivity index (χ0v) is 13.4. The highest BCUT2D eigenvalue weighted by molar-refractivity contribution is 8.02. The number of nitrogens with two attached hydrogens (primary N) is 4. The maximum absolute atomic E-state index is 5.73. The molecule has 0 aliphatic heterocycles. The van der Waals surface area contributed by atoms with Gasteiger partial charge in [0, 0.05) is 33.8 Å². The van der Waals surface area contributed by atoms with Crippen molar-refractivity contribution >= 4 is 23.5 Å². The van der Waals surface area contributed by atoms with Crippen LogP contribution in [-0.4, -0.2) is 49.2 Å². The smallest absolute Gasteiger partial charge is 0.00238 e. The summed E-state index contributed by atoms with van der Waals surface area (Å²) in [7, 11) is 0. The van der Waals surface area contributed by atoms with Crippen molar-refractivity contribution in [2.75, 3.05) is 49.2 Å². The molecular formula is C12H30N4S2. The van der Waals surface area contributed by atoms with Crippen LogP contribution in [0.4, 0.5) is 0 Å². The van der Waals surface area contributed by atoms with Gasteiger partial charge < -0.3 is 22.9 Å². The summed E-state index contributed by atoms with van der Waals surface area (Å²) in [6, 6.07) is 0. The van der Waals surface area contributed by atoms with Crippen LogP contribution in [0, 0.1) is 10.8 Å². The molecule has 0 unspecified atom stereocenters. The van der Waals surface area contributed by atoms with Crippen LogP contribution >= 0.6 is 23.5 Å². The van der Waals surface area contributed by atoms with Crippen molar-refractivity contribution in [3.8, 4) is 0 Å². The fourth-order valence-corrected chi connectivity index (χ4v) is 3.85. The molecule has 0 fully saturated rings. The number of rotatable bonds is 11. The van der Waals surface area contributed by atoms with Crippen LogP contribution in [0.1, 0.15) is 13.8 Å². The Labute approximate surface area is 120 Å². The summed E-state index contributed by atoms with van der Waals surface area (Å²) >= 11 is 3.86. The summed E-state index contributed by atoms with van der Waals surface area (Å²) < 4.78 is 0. The Balaban J connectivity index is 3.63. The van der Waals surface area contributed by atoms with Crippen molar-refractivity contribution < 1.29 is 0 Å². The lowest BCUT2D eigenvalue weighted by molar-refractivity contribution is 0.402. The molecule has 0 saturated heterocycles. The van der Waals surface area contributed by atoms with E-state index in [2.05, 4.69) is 13.8 Å².